The fourth-order valence-corrected chi connectivity index (χ4v) is 4.08. The van der Waals surface area contributed by atoms with Gasteiger partial charge in [-0.05, 0) is 66.8 Å². The Labute approximate surface area is 160 Å². The van der Waals surface area contributed by atoms with E-state index in [0.717, 1.165) is 22.1 Å². The number of nitrogens with two attached hydrogens (primary N) is 1. The quantitative estimate of drug-likeness (QED) is 0.408. The highest BCUT2D eigenvalue weighted by Gasteiger charge is 2.20. The standard InChI is InChI=1S/C20H15N5O2S/c21-28(26,27)20-18-7-5-16(24-18)10-14-3-1-12(22-14)9-13-2-4-15(23-13)11-17-6-8-19(20)25-17/h1-11,22-23H,(H2,21,26,27). The summed E-state index contributed by atoms with van der Waals surface area (Å²) in [5, 5.41) is 5.48. The summed E-state index contributed by atoms with van der Waals surface area (Å²) in [6, 6.07) is 13.5. The molecule has 3 aromatic rings. The molecule has 0 unspecified atom stereocenters. The van der Waals surface area contributed by atoms with E-state index in [0.29, 0.717) is 11.4 Å². The molecule has 8 heteroatoms. The zero-order chi connectivity index (χ0) is 19.3. The average Bonchev–Trinajstić information content (AvgIpc) is 3.38. The number of H-pyrrole nitrogens is 2. The molecule has 7 nitrogen and oxygen atoms in total. The van der Waals surface area contributed by atoms with Gasteiger partial charge in [-0.1, -0.05) is 0 Å². The van der Waals surface area contributed by atoms with Gasteiger partial charge in [0.25, 0.3) is 0 Å². The molecule has 0 atom stereocenters. The fourth-order valence-electron chi connectivity index (χ4n) is 3.27. The van der Waals surface area contributed by atoms with Crippen LogP contribution >= 0.6 is 0 Å². The van der Waals surface area contributed by atoms with Gasteiger partial charge >= 0.3 is 0 Å². The summed E-state index contributed by atoms with van der Waals surface area (Å²) < 4.78 is 24.5. The maximum Gasteiger partial charge on any atom is 0.242 e. The first kappa shape index (κ1) is 16.7. The lowest BCUT2D eigenvalue weighted by Crippen LogP contribution is -2.15. The summed E-state index contributed by atoms with van der Waals surface area (Å²) in [4.78, 5) is 15.3. The Bertz CT molecular complexity index is 1350. The Morgan fingerprint density at radius 2 is 1.11 bits per heavy atom. The van der Waals surface area contributed by atoms with E-state index in [1.54, 1.807) is 24.3 Å². The average molecular weight is 389 g/mol. The zero-order valence-corrected chi connectivity index (χ0v) is 15.4. The lowest BCUT2D eigenvalue weighted by Gasteiger charge is -2.00. The topological polar surface area (TPSA) is 118 Å². The van der Waals surface area contributed by atoms with Crippen molar-refractivity contribution >= 4 is 56.4 Å². The highest BCUT2D eigenvalue weighted by atomic mass is 32.2. The van der Waals surface area contributed by atoms with Crippen molar-refractivity contribution in [1.29, 1.82) is 0 Å². The van der Waals surface area contributed by atoms with Crippen LogP contribution in [0.1, 0.15) is 22.8 Å². The van der Waals surface area contributed by atoms with Gasteiger partial charge in [0.1, 0.15) is 4.90 Å². The Morgan fingerprint density at radius 1 is 0.679 bits per heavy atom. The summed E-state index contributed by atoms with van der Waals surface area (Å²) in [7, 11) is -4.02. The Hall–Kier alpha value is -3.49. The van der Waals surface area contributed by atoms with Crippen molar-refractivity contribution in [3.8, 4) is 0 Å². The molecule has 0 fully saturated rings. The largest absolute Gasteiger partial charge is 0.355 e. The second-order valence-electron chi connectivity index (χ2n) is 6.56. The molecule has 138 valence electrons. The van der Waals surface area contributed by atoms with Crippen LogP contribution < -0.4 is 5.14 Å². The molecule has 3 aromatic heterocycles. The fraction of sp³-hybridized carbons (Fsp3) is 0. The third-order valence-corrected chi connectivity index (χ3v) is 5.44. The van der Waals surface area contributed by atoms with Crippen molar-refractivity contribution < 1.29 is 8.42 Å². The molecule has 0 aromatic carbocycles. The van der Waals surface area contributed by atoms with Crippen molar-refractivity contribution in [3.05, 3.63) is 65.2 Å². The molecule has 2 aliphatic rings. The summed E-state index contributed by atoms with van der Waals surface area (Å²) in [6.45, 7) is 0. The summed E-state index contributed by atoms with van der Waals surface area (Å²) in [6.07, 6.45) is 6.76. The van der Waals surface area contributed by atoms with Crippen LogP contribution in [-0.2, 0) is 10.0 Å². The van der Waals surface area contributed by atoms with Crippen LogP contribution in [0.25, 0.3) is 46.4 Å². The van der Waals surface area contributed by atoms with Gasteiger partial charge in [0.05, 0.1) is 22.8 Å². The van der Waals surface area contributed by atoms with Gasteiger partial charge in [-0.3, -0.25) is 0 Å². The number of sulfonamides is 1. The molecule has 0 radical (unpaired) electrons. The van der Waals surface area contributed by atoms with E-state index in [1.807, 2.05) is 42.5 Å². The Kier molecular flexibility index (Phi) is 3.58. The molecule has 0 saturated heterocycles. The predicted molar refractivity (Wildman–Crippen MR) is 110 cm³/mol. The van der Waals surface area contributed by atoms with E-state index in [2.05, 4.69) is 19.9 Å². The van der Waals surface area contributed by atoms with Gasteiger partial charge in [0.2, 0.25) is 10.0 Å². The van der Waals surface area contributed by atoms with Crippen molar-refractivity contribution in [2.45, 2.75) is 4.90 Å². The monoisotopic (exact) mass is 389 g/mol. The highest BCUT2D eigenvalue weighted by molar-refractivity contribution is 7.89. The minimum absolute atomic E-state index is 0.0911. The molecule has 0 spiro atoms. The van der Waals surface area contributed by atoms with Crippen LogP contribution in [0.2, 0.25) is 0 Å². The van der Waals surface area contributed by atoms with Gasteiger partial charge in [0.15, 0.2) is 0 Å². The maximum atomic E-state index is 12.3. The van der Waals surface area contributed by atoms with Gasteiger partial charge in [-0.2, -0.15) is 0 Å². The number of hydrogen-bond acceptors (Lipinski definition) is 4. The van der Waals surface area contributed by atoms with Gasteiger partial charge in [0, 0.05) is 22.1 Å². The number of rotatable bonds is 1. The number of aromatic nitrogens is 4. The molecular formula is C20H15N5O2S. The van der Waals surface area contributed by atoms with E-state index in [4.69, 9.17) is 5.14 Å². The second kappa shape index (κ2) is 6.01. The molecular weight excluding hydrogens is 374 g/mol. The lowest BCUT2D eigenvalue weighted by atomic mass is 10.3. The van der Waals surface area contributed by atoms with E-state index >= 15 is 0 Å². The van der Waals surface area contributed by atoms with Crippen molar-refractivity contribution in [2.24, 2.45) is 5.14 Å². The Balaban J connectivity index is 1.93. The molecule has 5 heterocycles. The normalized spacial score (nSPS) is 13.2. The SMILES string of the molecule is NS(=O)(=O)c1c2nc(cc3ccc(cc4ccc(cc5nc1C=C5)[nH]4)[nH]3)C=C2. The first-order chi connectivity index (χ1) is 13.4. The number of hydrogen-bond donors (Lipinski definition) is 3. The minimum atomic E-state index is -4.02. The summed E-state index contributed by atoms with van der Waals surface area (Å²) in [5.74, 6) is 0. The first-order valence-electron chi connectivity index (χ1n) is 8.54. The van der Waals surface area contributed by atoms with Crippen LogP contribution in [-0.4, -0.2) is 28.4 Å². The molecule has 0 aliphatic carbocycles. The van der Waals surface area contributed by atoms with E-state index in [1.165, 1.54) is 0 Å². The Morgan fingerprint density at radius 3 is 1.54 bits per heavy atom. The van der Waals surface area contributed by atoms with E-state index in [-0.39, 0.29) is 16.3 Å². The van der Waals surface area contributed by atoms with E-state index < -0.39 is 10.0 Å². The van der Waals surface area contributed by atoms with Crippen molar-refractivity contribution in [3.63, 3.8) is 0 Å². The van der Waals surface area contributed by atoms with Crippen molar-refractivity contribution in [1.82, 2.24) is 19.9 Å². The van der Waals surface area contributed by atoms with Gasteiger partial charge in [-0.25, -0.2) is 23.5 Å². The molecule has 0 amide bonds. The summed E-state index contributed by atoms with van der Waals surface area (Å²) >= 11 is 0. The van der Waals surface area contributed by atoms with Crippen LogP contribution in [0.15, 0.2) is 47.4 Å². The minimum Gasteiger partial charge on any atom is -0.355 e. The van der Waals surface area contributed by atoms with Gasteiger partial charge < -0.3 is 9.97 Å². The van der Waals surface area contributed by atoms with E-state index in [9.17, 15) is 8.42 Å². The third-order valence-electron chi connectivity index (χ3n) is 4.45. The third kappa shape index (κ3) is 3.04. The van der Waals surface area contributed by atoms with Crippen LogP contribution in [0.4, 0.5) is 0 Å². The predicted octanol–water partition coefficient (Wildman–Crippen LogP) is 3.30. The molecule has 28 heavy (non-hydrogen) atoms. The lowest BCUT2D eigenvalue weighted by molar-refractivity contribution is 0.597. The number of nitrogens with zero attached hydrogens (tertiary/aromatic N) is 2. The van der Waals surface area contributed by atoms with Crippen molar-refractivity contribution in [2.75, 3.05) is 0 Å². The summed E-state index contributed by atoms with van der Waals surface area (Å²) in [5.41, 5.74) is 5.36. The number of fused-ring (bicyclic) bond motifs is 8. The molecule has 2 aliphatic heterocycles. The molecule has 0 saturated carbocycles. The first-order valence-corrected chi connectivity index (χ1v) is 10.1. The van der Waals surface area contributed by atoms with Crippen LogP contribution in [0.5, 0.6) is 0 Å². The van der Waals surface area contributed by atoms with Crippen LogP contribution in [0, 0.1) is 0 Å². The number of nitrogens with one attached hydrogen (secondary N) is 2. The molecule has 4 N–H and O–H groups in total. The number of aromatic amines is 2. The van der Waals surface area contributed by atoms with Gasteiger partial charge in [-0.15, -0.1) is 0 Å². The molecule has 8 bridgehead atoms. The zero-order valence-electron chi connectivity index (χ0n) is 14.5. The molecule has 5 rings (SSSR count). The number of primary sulfonamides is 1. The maximum absolute atomic E-state index is 12.3. The second-order valence-corrected chi connectivity index (χ2v) is 8.05. The smallest absolute Gasteiger partial charge is 0.242 e. The van der Waals surface area contributed by atoms with Crippen LogP contribution in [0.3, 0.4) is 0 Å². The highest BCUT2D eigenvalue weighted by Crippen LogP contribution is 2.24.